The Bertz CT molecular complexity index is 203. The quantitative estimate of drug-likeness (QED) is 0.733. The fourth-order valence-corrected chi connectivity index (χ4v) is 2.37. The molecule has 0 atom stereocenters. The molecule has 2 N–H and O–H groups in total. The highest BCUT2D eigenvalue weighted by Gasteiger charge is 2.35. The van der Waals surface area contributed by atoms with Crippen molar-refractivity contribution in [3.63, 3.8) is 0 Å². The molecule has 0 aromatic heterocycles. The normalized spacial score (nSPS) is 33.3. The molecule has 3 nitrogen and oxygen atoms in total. The molecule has 0 unspecified atom stereocenters. The zero-order valence-corrected chi connectivity index (χ0v) is 8.99. The van der Waals surface area contributed by atoms with Crippen molar-refractivity contribution in [3.05, 3.63) is 0 Å². The second-order valence-electron chi connectivity index (χ2n) is 4.93. The van der Waals surface area contributed by atoms with Crippen LogP contribution in [0.4, 0.5) is 0 Å². The molecule has 1 saturated carbocycles. The van der Waals surface area contributed by atoms with E-state index in [2.05, 4.69) is 13.8 Å². The first kappa shape index (κ1) is 11.5. The Kier molecular flexibility index (Phi) is 3.53. The summed E-state index contributed by atoms with van der Waals surface area (Å²) in [7, 11) is 0. The van der Waals surface area contributed by atoms with Crippen LogP contribution >= 0.6 is 0 Å². The van der Waals surface area contributed by atoms with Gasteiger partial charge in [-0.3, -0.25) is 4.79 Å². The summed E-state index contributed by atoms with van der Waals surface area (Å²) in [6.07, 6.45) is 3.32. The predicted octanol–water partition coefficient (Wildman–Crippen LogP) is 2.04. The number of hydrogen-bond donors (Lipinski definition) is 2. The summed E-state index contributed by atoms with van der Waals surface area (Å²) >= 11 is 0. The van der Waals surface area contributed by atoms with E-state index < -0.39 is 11.6 Å². The van der Waals surface area contributed by atoms with Crippen molar-refractivity contribution in [1.29, 1.82) is 0 Å². The monoisotopic (exact) mass is 200 g/mol. The summed E-state index contributed by atoms with van der Waals surface area (Å²) in [6, 6.07) is 0. The zero-order valence-electron chi connectivity index (χ0n) is 8.99. The molecule has 1 aliphatic rings. The topological polar surface area (TPSA) is 57.5 Å². The third-order valence-electron chi connectivity index (χ3n) is 3.05. The van der Waals surface area contributed by atoms with Gasteiger partial charge in [0, 0.05) is 0 Å². The Morgan fingerprint density at radius 1 is 1.43 bits per heavy atom. The van der Waals surface area contributed by atoms with Gasteiger partial charge in [0.15, 0.2) is 0 Å². The lowest BCUT2D eigenvalue weighted by Gasteiger charge is -2.35. The van der Waals surface area contributed by atoms with Crippen LogP contribution in [0.1, 0.15) is 46.0 Å². The van der Waals surface area contributed by atoms with Crippen LogP contribution in [0.2, 0.25) is 0 Å². The summed E-state index contributed by atoms with van der Waals surface area (Å²) in [5, 5.41) is 19.0. The Labute approximate surface area is 85.1 Å². The summed E-state index contributed by atoms with van der Waals surface area (Å²) in [6.45, 7) is 4.17. The highest BCUT2D eigenvalue weighted by molar-refractivity contribution is 5.70. The third kappa shape index (κ3) is 2.98. The SMILES string of the molecule is CC(C)C[C@]1(O)CC[C@@H](C(=O)O)CC1. The smallest absolute Gasteiger partial charge is 0.306 e. The van der Waals surface area contributed by atoms with E-state index in [9.17, 15) is 9.90 Å². The number of aliphatic carboxylic acids is 1. The molecule has 0 amide bonds. The van der Waals surface area contributed by atoms with Gasteiger partial charge in [-0.25, -0.2) is 0 Å². The van der Waals surface area contributed by atoms with Gasteiger partial charge in [0.25, 0.3) is 0 Å². The summed E-state index contributed by atoms with van der Waals surface area (Å²) in [5.74, 6) is -0.472. The average Bonchev–Trinajstić information content (AvgIpc) is 2.02. The van der Waals surface area contributed by atoms with E-state index in [1.54, 1.807) is 0 Å². The molecule has 82 valence electrons. The second kappa shape index (κ2) is 4.30. The second-order valence-corrected chi connectivity index (χ2v) is 4.93. The van der Waals surface area contributed by atoms with Crippen molar-refractivity contribution in [2.75, 3.05) is 0 Å². The molecule has 0 saturated heterocycles. The standard InChI is InChI=1S/C11H20O3/c1-8(2)7-11(14)5-3-9(4-6-11)10(12)13/h8-9,14H,3-7H2,1-2H3,(H,12,13)/t9-,11+. The molecule has 0 bridgehead atoms. The number of carbonyl (C=O) groups is 1. The van der Waals surface area contributed by atoms with E-state index in [1.165, 1.54) is 0 Å². The zero-order chi connectivity index (χ0) is 10.8. The summed E-state index contributed by atoms with van der Waals surface area (Å²) in [5.41, 5.74) is -0.597. The van der Waals surface area contributed by atoms with E-state index in [4.69, 9.17) is 5.11 Å². The number of hydrogen-bond acceptors (Lipinski definition) is 2. The summed E-state index contributed by atoms with van der Waals surface area (Å²) in [4.78, 5) is 10.7. The molecule has 1 fully saturated rings. The highest BCUT2D eigenvalue weighted by atomic mass is 16.4. The van der Waals surface area contributed by atoms with Crippen LogP contribution in [0.5, 0.6) is 0 Å². The van der Waals surface area contributed by atoms with Crippen LogP contribution in [-0.4, -0.2) is 21.8 Å². The van der Waals surface area contributed by atoms with Crippen LogP contribution in [-0.2, 0) is 4.79 Å². The minimum Gasteiger partial charge on any atom is -0.481 e. The lowest BCUT2D eigenvalue weighted by molar-refractivity contribution is -0.145. The molecule has 0 aliphatic heterocycles. The fraction of sp³-hybridized carbons (Fsp3) is 0.909. The molecule has 1 rings (SSSR count). The first-order valence-corrected chi connectivity index (χ1v) is 5.38. The van der Waals surface area contributed by atoms with Crippen LogP contribution < -0.4 is 0 Å². The molecule has 1 aliphatic carbocycles. The lowest BCUT2D eigenvalue weighted by atomic mass is 9.75. The first-order valence-electron chi connectivity index (χ1n) is 5.38. The fourth-order valence-electron chi connectivity index (χ4n) is 2.37. The molecule has 0 aromatic rings. The van der Waals surface area contributed by atoms with Crippen molar-refractivity contribution >= 4 is 5.97 Å². The van der Waals surface area contributed by atoms with Gasteiger partial charge in [0.1, 0.15) is 0 Å². The molecule has 14 heavy (non-hydrogen) atoms. The van der Waals surface area contributed by atoms with Gasteiger partial charge in [-0.1, -0.05) is 13.8 Å². The van der Waals surface area contributed by atoms with E-state index in [0.717, 1.165) is 6.42 Å². The predicted molar refractivity (Wildman–Crippen MR) is 54.0 cm³/mol. The van der Waals surface area contributed by atoms with Gasteiger partial charge in [0.2, 0.25) is 0 Å². The van der Waals surface area contributed by atoms with Gasteiger partial charge >= 0.3 is 5.97 Å². The first-order chi connectivity index (χ1) is 6.43. The number of carboxylic acid groups (broad SMARTS) is 1. The molecule has 0 heterocycles. The Balaban J connectivity index is 2.44. The number of aliphatic hydroxyl groups is 1. The van der Waals surface area contributed by atoms with E-state index in [-0.39, 0.29) is 5.92 Å². The highest BCUT2D eigenvalue weighted by Crippen LogP contribution is 2.36. The van der Waals surface area contributed by atoms with Gasteiger partial charge < -0.3 is 10.2 Å². The number of carboxylic acids is 1. The Morgan fingerprint density at radius 3 is 2.29 bits per heavy atom. The molecular weight excluding hydrogens is 180 g/mol. The van der Waals surface area contributed by atoms with Gasteiger partial charge in [-0.2, -0.15) is 0 Å². The molecule has 0 spiro atoms. The maximum absolute atomic E-state index is 10.7. The molecule has 0 aromatic carbocycles. The van der Waals surface area contributed by atoms with E-state index >= 15 is 0 Å². The van der Waals surface area contributed by atoms with Crippen LogP contribution in [0, 0.1) is 11.8 Å². The van der Waals surface area contributed by atoms with Crippen molar-refractivity contribution < 1.29 is 15.0 Å². The maximum Gasteiger partial charge on any atom is 0.306 e. The molecular formula is C11H20O3. The Morgan fingerprint density at radius 2 is 1.93 bits per heavy atom. The van der Waals surface area contributed by atoms with Crippen LogP contribution in [0.15, 0.2) is 0 Å². The minimum absolute atomic E-state index is 0.234. The van der Waals surface area contributed by atoms with Gasteiger partial charge in [-0.05, 0) is 38.0 Å². The van der Waals surface area contributed by atoms with E-state index in [1.807, 2.05) is 0 Å². The van der Waals surface area contributed by atoms with Crippen molar-refractivity contribution in [2.45, 2.75) is 51.6 Å². The van der Waals surface area contributed by atoms with Crippen LogP contribution in [0.25, 0.3) is 0 Å². The average molecular weight is 200 g/mol. The maximum atomic E-state index is 10.7. The summed E-state index contributed by atoms with van der Waals surface area (Å²) < 4.78 is 0. The van der Waals surface area contributed by atoms with Gasteiger partial charge in [0.05, 0.1) is 11.5 Å². The van der Waals surface area contributed by atoms with Crippen molar-refractivity contribution in [3.8, 4) is 0 Å². The van der Waals surface area contributed by atoms with E-state index in [0.29, 0.717) is 31.6 Å². The minimum atomic E-state index is -0.711. The van der Waals surface area contributed by atoms with Crippen LogP contribution in [0.3, 0.4) is 0 Å². The largest absolute Gasteiger partial charge is 0.481 e. The van der Waals surface area contributed by atoms with Crippen molar-refractivity contribution in [2.24, 2.45) is 11.8 Å². The Hall–Kier alpha value is -0.570. The third-order valence-corrected chi connectivity index (χ3v) is 3.05. The number of rotatable bonds is 3. The molecule has 0 radical (unpaired) electrons. The van der Waals surface area contributed by atoms with Gasteiger partial charge in [-0.15, -0.1) is 0 Å². The van der Waals surface area contributed by atoms with Crippen molar-refractivity contribution in [1.82, 2.24) is 0 Å². The lowest BCUT2D eigenvalue weighted by Crippen LogP contribution is -2.37. The molecule has 3 heteroatoms.